The molecule has 0 aliphatic carbocycles. The predicted molar refractivity (Wildman–Crippen MR) is 221 cm³/mol. The molecule has 1 atom stereocenters. The van der Waals surface area contributed by atoms with Crippen molar-refractivity contribution in [1.82, 2.24) is 0 Å². The normalized spacial score (nSPS) is 12.5. The highest BCUT2D eigenvalue weighted by molar-refractivity contribution is 6.18. The van der Waals surface area contributed by atoms with Gasteiger partial charge in [0.1, 0.15) is 22.3 Å². The predicted octanol–water partition coefficient (Wildman–Crippen LogP) is 14.3. The van der Waals surface area contributed by atoms with Gasteiger partial charge in [0.2, 0.25) is 0 Å². The van der Waals surface area contributed by atoms with Crippen LogP contribution in [0.25, 0.3) is 87.7 Å². The van der Waals surface area contributed by atoms with E-state index in [9.17, 15) is 0 Å². The molecule has 53 heavy (non-hydrogen) atoms. The van der Waals surface area contributed by atoms with Crippen molar-refractivity contribution in [1.29, 1.82) is 0 Å². The molecule has 11 aromatic rings. The van der Waals surface area contributed by atoms with E-state index in [0.29, 0.717) is 0 Å². The van der Waals surface area contributed by atoms with Crippen molar-refractivity contribution in [2.75, 3.05) is 0 Å². The molecule has 0 saturated carbocycles. The first-order chi connectivity index (χ1) is 26.3. The topological polar surface area (TPSA) is 26.3 Å². The largest absolute Gasteiger partial charge is 0.456 e. The Kier molecular flexibility index (Phi) is 6.65. The molecule has 0 fully saturated rings. The molecule has 2 heterocycles. The zero-order chi connectivity index (χ0) is 34.9. The van der Waals surface area contributed by atoms with Crippen molar-refractivity contribution in [2.24, 2.45) is 0 Å². The number of fused-ring (bicyclic) bond motifs is 8. The highest BCUT2D eigenvalue weighted by atomic mass is 16.3. The molecule has 1 unspecified atom stereocenters. The van der Waals surface area contributed by atoms with E-state index < -0.39 is 0 Å². The molecule has 0 aliphatic rings. The van der Waals surface area contributed by atoms with Crippen LogP contribution in [0, 0.1) is 0 Å². The van der Waals surface area contributed by atoms with Crippen LogP contribution < -0.4 is 0 Å². The van der Waals surface area contributed by atoms with E-state index in [1.807, 2.05) is 6.07 Å². The summed E-state index contributed by atoms with van der Waals surface area (Å²) in [5.41, 5.74) is 11.7. The lowest BCUT2D eigenvalue weighted by molar-refractivity contribution is 0.660. The molecule has 0 amide bonds. The van der Waals surface area contributed by atoms with Gasteiger partial charge < -0.3 is 8.83 Å². The zero-order valence-electron chi connectivity index (χ0n) is 28.8. The molecule has 11 rings (SSSR count). The van der Waals surface area contributed by atoms with Crippen molar-refractivity contribution >= 4 is 65.4 Å². The quantitative estimate of drug-likeness (QED) is 0.170. The van der Waals surface area contributed by atoms with Crippen molar-refractivity contribution in [2.45, 2.75) is 5.92 Å². The summed E-state index contributed by atoms with van der Waals surface area (Å²) in [6.45, 7) is 0. The Balaban J connectivity index is 1.14. The molecule has 0 spiro atoms. The van der Waals surface area contributed by atoms with Gasteiger partial charge >= 0.3 is 0 Å². The van der Waals surface area contributed by atoms with Crippen LogP contribution in [0.4, 0.5) is 0 Å². The Labute approximate surface area is 306 Å². The first kappa shape index (κ1) is 29.8. The molecular formula is C51H32O2. The monoisotopic (exact) mass is 676 g/mol. The van der Waals surface area contributed by atoms with Crippen LogP contribution in [0.1, 0.15) is 22.6 Å². The van der Waals surface area contributed by atoms with Crippen LogP contribution in [0.2, 0.25) is 0 Å². The van der Waals surface area contributed by atoms with Crippen LogP contribution in [0.15, 0.2) is 197 Å². The van der Waals surface area contributed by atoms with Gasteiger partial charge in [-0.05, 0) is 73.6 Å². The molecule has 0 bridgehead atoms. The van der Waals surface area contributed by atoms with Crippen LogP contribution in [0.3, 0.4) is 0 Å². The van der Waals surface area contributed by atoms with E-state index in [1.54, 1.807) is 0 Å². The summed E-state index contributed by atoms with van der Waals surface area (Å²) < 4.78 is 13.7. The maximum absolute atomic E-state index is 7.01. The van der Waals surface area contributed by atoms with Crippen molar-refractivity contribution < 1.29 is 8.83 Å². The van der Waals surface area contributed by atoms with Crippen LogP contribution in [-0.4, -0.2) is 0 Å². The fraction of sp³-hybridized carbons (Fsp3) is 0.0196. The van der Waals surface area contributed by atoms with Crippen LogP contribution in [0.5, 0.6) is 0 Å². The van der Waals surface area contributed by atoms with Crippen molar-refractivity contribution in [3.05, 3.63) is 205 Å². The number of hydrogen-bond acceptors (Lipinski definition) is 2. The summed E-state index contributed by atoms with van der Waals surface area (Å²) in [4.78, 5) is 0. The Bertz CT molecular complexity index is 3160. The first-order valence-electron chi connectivity index (χ1n) is 18.2. The lowest BCUT2D eigenvalue weighted by atomic mass is 9.83. The van der Waals surface area contributed by atoms with Gasteiger partial charge in [-0.3, -0.25) is 0 Å². The molecule has 0 saturated heterocycles. The fourth-order valence-electron chi connectivity index (χ4n) is 8.45. The smallest absolute Gasteiger partial charge is 0.143 e. The summed E-state index contributed by atoms with van der Waals surface area (Å²) in [5, 5.41) is 9.30. The maximum Gasteiger partial charge on any atom is 0.143 e. The fourth-order valence-corrected chi connectivity index (χ4v) is 8.45. The van der Waals surface area contributed by atoms with Gasteiger partial charge in [-0.25, -0.2) is 0 Å². The second kappa shape index (κ2) is 11.8. The molecular weight excluding hydrogens is 645 g/mol. The summed E-state index contributed by atoms with van der Waals surface area (Å²) in [7, 11) is 0. The second-order valence-electron chi connectivity index (χ2n) is 14.0. The number of para-hydroxylation sites is 2. The molecule has 2 heteroatoms. The number of furan rings is 2. The number of benzene rings is 9. The lowest BCUT2D eigenvalue weighted by Crippen LogP contribution is -2.04. The third-order valence-corrected chi connectivity index (χ3v) is 11.0. The Morgan fingerprint density at radius 2 is 0.962 bits per heavy atom. The third-order valence-electron chi connectivity index (χ3n) is 11.0. The summed E-state index contributed by atoms with van der Waals surface area (Å²) in [6.07, 6.45) is 0. The van der Waals surface area contributed by atoms with Gasteiger partial charge in [0, 0.05) is 38.6 Å². The Morgan fingerprint density at radius 1 is 0.321 bits per heavy atom. The van der Waals surface area contributed by atoms with Gasteiger partial charge in [0.15, 0.2) is 0 Å². The van der Waals surface area contributed by atoms with Crippen molar-refractivity contribution in [3.8, 4) is 22.3 Å². The van der Waals surface area contributed by atoms with E-state index in [1.165, 1.54) is 38.2 Å². The molecule has 2 nitrogen and oxygen atoms in total. The van der Waals surface area contributed by atoms with Gasteiger partial charge in [0.05, 0.1) is 0 Å². The third kappa shape index (κ3) is 4.80. The van der Waals surface area contributed by atoms with Crippen molar-refractivity contribution in [3.63, 3.8) is 0 Å². The lowest BCUT2D eigenvalue weighted by Gasteiger charge is -2.20. The van der Waals surface area contributed by atoms with E-state index in [-0.39, 0.29) is 5.92 Å². The molecule has 0 aliphatic heterocycles. The molecule has 2 aromatic heterocycles. The van der Waals surface area contributed by atoms with Crippen LogP contribution >= 0.6 is 0 Å². The standard InChI is InChI=1S/C51H32O2/c1-2-11-32(12-3-1)34-21-24-35(25-22-34)48(44-19-10-18-43-41-17-8-9-20-46(41)52-50(43)44)39-27-28-42-45-30-37-15-6-7-16-40(37)49(51(45)53-47(42)31-39)38-26-23-33-13-4-5-14-36(33)29-38/h1-31,48H. The Morgan fingerprint density at radius 3 is 1.83 bits per heavy atom. The zero-order valence-corrected chi connectivity index (χ0v) is 28.8. The van der Waals surface area contributed by atoms with E-state index in [4.69, 9.17) is 8.83 Å². The molecule has 0 radical (unpaired) electrons. The number of hydrogen-bond donors (Lipinski definition) is 0. The minimum atomic E-state index is -0.0965. The SMILES string of the molecule is c1ccc(-c2ccc(C(c3ccc4c(c3)oc3c(-c5ccc6ccccc6c5)c5ccccc5cc34)c3cccc4c3oc3ccccc34)cc2)cc1. The molecule has 248 valence electrons. The highest BCUT2D eigenvalue weighted by Gasteiger charge is 2.24. The first-order valence-corrected chi connectivity index (χ1v) is 18.2. The van der Waals surface area contributed by atoms with Gasteiger partial charge in [-0.1, -0.05) is 164 Å². The summed E-state index contributed by atoms with van der Waals surface area (Å²) in [5.74, 6) is -0.0965. The van der Waals surface area contributed by atoms with E-state index in [2.05, 4.69) is 182 Å². The minimum absolute atomic E-state index is 0.0965. The molecule has 9 aromatic carbocycles. The minimum Gasteiger partial charge on any atom is -0.456 e. The Hall–Kier alpha value is -6.90. The van der Waals surface area contributed by atoms with Crippen LogP contribution in [-0.2, 0) is 0 Å². The maximum atomic E-state index is 7.01. The van der Waals surface area contributed by atoms with Gasteiger partial charge in [-0.2, -0.15) is 0 Å². The summed E-state index contributed by atoms with van der Waals surface area (Å²) in [6, 6.07) is 67.4. The number of rotatable bonds is 5. The highest BCUT2D eigenvalue weighted by Crippen LogP contribution is 2.45. The average molecular weight is 677 g/mol. The molecule has 0 N–H and O–H groups in total. The van der Waals surface area contributed by atoms with Gasteiger partial charge in [-0.15, -0.1) is 0 Å². The second-order valence-corrected chi connectivity index (χ2v) is 14.0. The van der Waals surface area contributed by atoms with E-state index >= 15 is 0 Å². The van der Waals surface area contributed by atoms with E-state index in [0.717, 1.165) is 66.1 Å². The van der Waals surface area contributed by atoms with Gasteiger partial charge in [0.25, 0.3) is 0 Å². The summed E-state index contributed by atoms with van der Waals surface area (Å²) >= 11 is 0. The average Bonchev–Trinajstić information content (AvgIpc) is 3.79.